The Morgan fingerprint density at radius 3 is 2.67 bits per heavy atom. The number of carboxylic acids is 1. The molecule has 0 aliphatic carbocycles. The van der Waals surface area contributed by atoms with Gasteiger partial charge in [0.2, 0.25) is 0 Å². The van der Waals surface area contributed by atoms with Crippen molar-refractivity contribution in [3.8, 4) is 0 Å². The Hall–Kier alpha value is -2.11. The molecule has 0 aliphatic rings. The molecule has 0 saturated carbocycles. The molecule has 4 N–H and O–H groups in total. The summed E-state index contributed by atoms with van der Waals surface area (Å²) in [6.07, 6.45) is 1.47. The lowest BCUT2D eigenvalue weighted by Gasteiger charge is -2.22. The van der Waals surface area contributed by atoms with Gasteiger partial charge in [-0.05, 0) is 18.1 Å². The molecular weight excluding hydrogens is 234 g/mol. The van der Waals surface area contributed by atoms with Crippen molar-refractivity contribution < 1.29 is 14.7 Å². The van der Waals surface area contributed by atoms with E-state index in [0.29, 0.717) is 5.82 Å². The summed E-state index contributed by atoms with van der Waals surface area (Å²) in [4.78, 5) is 26.0. The number of aliphatic carboxylic acids is 1. The molecular formula is C12H17N3O3. The monoisotopic (exact) mass is 251 g/mol. The van der Waals surface area contributed by atoms with Crippen LogP contribution in [-0.4, -0.2) is 28.0 Å². The van der Waals surface area contributed by atoms with Gasteiger partial charge in [0.15, 0.2) is 0 Å². The van der Waals surface area contributed by atoms with E-state index in [9.17, 15) is 9.59 Å². The first-order chi connectivity index (χ1) is 8.41. The minimum absolute atomic E-state index is 0.0492. The van der Waals surface area contributed by atoms with Crippen molar-refractivity contribution in [3.63, 3.8) is 0 Å². The first-order valence-electron chi connectivity index (χ1n) is 5.65. The van der Waals surface area contributed by atoms with Crippen molar-refractivity contribution >= 4 is 17.7 Å². The fourth-order valence-electron chi connectivity index (χ4n) is 1.54. The third-order valence-corrected chi connectivity index (χ3v) is 2.59. The van der Waals surface area contributed by atoms with Gasteiger partial charge >= 0.3 is 5.97 Å². The van der Waals surface area contributed by atoms with Crippen molar-refractivity contribution in [3.05, 3.63) is 23.9 Å². The fraction of sp³-hybridized carbons (Fsp3) is 0.417. The number of hydrogen-bond acceptors (Lipinski definition) is 4. The number of aromatic nitrogens is 1. The Balaban J connectivity index is 2.93. The van der Waals surface area contributed by atoms with Crippen molar-refractivity contribution in [2.24, 2.45) is 11.7 Å². The van der Waals surface area contributed by atoms with Crippen LogP contribution in [0, 0.1) is 5.92 Å². The minimum atomic E-state index is -0.905. The molecule has 0 radical (unpaired) electrons. The van der Waals surface area contributed by atoms with Crippen molar-refractivity contribution in [1.82, 2.24) is 4.98 Å². The molecule has 1 amide bonds. The van der Waals surface area contributed by atoms with Crippen LogP contribution in [0.2, 0.25) is 0 Å². The van der Waals surface area contributed by atoms with Crippen LogP contribution >= 0.6 is 0 Å². The molecule has 1 aromatic rings. The lowest BCUT2D eigenvalue weighted by Crippen LogP contribution is -2.30. The van der Waals surface area contributed by atoms with Gasteiger partial charge in [-0.3, -0.25) is 9.59 Å². The third-order valence-electron chi connectivity index (χ3n) is 2.59. The Labute approximate surface area is 105 Å². The molecule has 1 rings (SSSR count). The number of carbonyl (C=O) groups excluding carboxylic acids is 1. The van der Waals surface area contributed by atoms with Crippen LogP contribution in [-0.2, 0) is 4.79 Å². The number of hydrogen-bond donors (Lipinski definition) is 3. The smallest absolute Gasteiger partial charge is 0.305 e. The predicted molar refractivity (Wildman–Crippen MR) is 67.3 cm³/mol. The van der Waals surface area contributed by atoms with Crippen LogP contribution in [0.15, 0.2) is 18.3 Å². The first-order valence-corrected chi connectivity index (χ1v) is 5.65. The zero-order valence-corrected chi connectivity index (χ0v) is 10.4. The van der Waals surface area contributed by atoms with E-state index in [1.807, 2.05) is 13.8 Å². The van der Waals surface area contributed by atoms with Gasteiger partial charge in [0, 0.05) is 12.2 Å². The maximum Gasteiger partial charge on any atom is 0.305 e. The fourth-order valence-corrected chi connectivity index (χ4v) is 1.54. The van der Waals surface area contributed by atoms with E-state index < -0.39 is 11.9 Å². The Morgan fingerprint density at radius 1 is 1.50 bits per heavy atom. The predicted octanol–water partition coefficient (Wildman–Crippen LogP) is 1.09. The highest BCUT2D eigenvalue weighted by Crippen LogP contribution is 2.17. The number of pyridine rings is 1. The van der Waals surface area contributed by atoms with Crippen molar-refractivity contribution in [2.75, 3.05) is 5.32 Å². The second-order valence-corrected chi connectivity index (χ2v) is 4.36. The van der Waals surface area contributed by atoms with Crippen LogP contribution in [0.5, 0.6) is 0 Å². The van der Waals surface area contributed by atoms with E-state index in [1.54, 1.807) is 12.1 Å². The number of nitrogens with one attached hydrogen (secondary N) is 1. The molecule has 0 saturated heterocycles. The van der Waals surface area contributed by atoms with Gasteiger partial charge in [-0.25, -0.2) is 4.98 Å². The molecule has 18 heavy (non-hydrogen) atoms. The number of nitrogens with two attached hydrogens (primary N) is 1. The van der Waals surface area contributed by atoms with Gasteiger partial charge in [0.25, 0.3) is 5.91 Å². The average Bonchev–Trinajstić information content (AvgIpc) is 2.27. The highest BCUT2D eigenvalue weighted by Gasteiger charge is 2.19. The zero-order valence-electron chi connectivity index (χ0n) is 10.4. The Bertz CT molecular complexity index is 446. The van der Waals surface area contributed by atoms with Crippen molar-refractivity contribution in [2.45, 2.75) is 26.3 Å². The molecule has 6 nitrogen and oxygen atoms in total. The molecule has 1 aromatic heterocycles. The highest BCUT2D eigenvalue weighted by molar-refractivity contribution is 5.97. The number of amides is 1. The lowest BCUT2D eigenvalue weighted by molar-refractivity contribution is -0.137. The number of primary amides is 1. The van der Waals surface area contributed by atoms with Gasteiger partial charge in [0.1, 0.15) is 5.82 Å². The Morgan fingerprint density at radius 2 is 2.17 bits per heavy atom. The van der Waals surface area contributed by atoms with E-state index >= 15 is 0 Å². The summed E-state index contributed by atoms with van der Waals surface area (Å²) >= 11 is 0. The standard InChI is InChI=1S/C12H17N3O3/c1-7(2)9(6-10(16)17)15-12-8(11(13)18)4-3-5-14-12/h3-5,7,9H,6H2,1-2H3,(H2,13,18)(H,14,15)(H,16,17). The largest absolute Gasteiger partial charge is 0.481 e. The Kier molecular flexibility index (Phi) is 4.65. The van der Waals surface area contributed by atoms with Crippen LogP contribution in [0.1, 0.15) is 30.6 Å². The molecule has 0 bridgehead atoms. The summed E-state index contributed by atoms with van der Waals surface area (Å²) < 4.78 is 0. The molecule has 0 aromatic carbocycles. The quantitative estimate of drug-likeness (QED) is 0.701. The summed E-state index contributed by atoms with van der Waals surface area (Å²) in [5.41, 5.74) is 5.49. The summed E-state index contributed by atoms with van der Waals surface area (Å²) in [5, 5.41) is 11.8. The number of nitrogens with zero attached hydrogens (tertiary/aromatic N) is 1. The number of carboxylic acid groups (broad SMARTS) is 1. The number of anilines is 1. The summed E-state index contributed by atoms with van der Waals surface area (Å²) in [6, 6.07) is 2.85. The second-order valence-electron chi connectivity index (χ2n) is 4.36. The normalized spacial score (nSPS) is 12.2. The van der Waals surface area contributed by atoms with E-state index in [-0.39, 0.29) is 23.9 Å². The van der Waals surface area contributed by atoms with Crippen LogP contribution in [0.3, 0.4) is 0 Å². The summed E-state index contributed by atoms with van der Waals surface area (Å²) in [7, 11) is 0. The summed E-state index contributed by atoms with van der Waals surface area (Å²) in [6.45, 7) is 3.79. The van der Waals surface area contributed by atoms with E-state index in [2.05, 4.69) is 10.3 Å². The molecule has 0 spiro atoms. The first kappa shape index (κ1) is 14.0. The van der Waals surface area contributed by atoms with E-state index in [0.717, 1.165) is 0 Å². The molecule has 1 heterocycles. The molecule has 98 valence electrons. The van der Waals surface area contributed by atoms with Crippen LogP contribution in [0.25, 0.3) is 0 Å². The van der Waals surface area contributed by atoms with Crippen LogP contribution in [0.4, 0.5) is 5.82 Å². The van der Waals surface area contributed by atoms with Gasteiger partial charge in [-0.2, -0.15) is 0 Å². The second kappa shape index (κ2) is 6.00. The van der Waals surface area contributed by atoms with Gasteiger partial charge in [-0.15, -0.1) is 0 Å². The summed E-state index contributed by atoms with van der Waals surface area (Å²) in [5.74, 6) is -1.09. The minimum Gasteiger partial charge on any atom is -0.481 e. The SMILES string of the molecule is CC(C)C(CC(=O)O)Nc1ncccc1C(N)=O. The van der Waals surface area contributed by atoms with Crippen molar-refractivity contribution in [1.29, 1.82) is 0 Å². The highest BCUT2D eigenvalue weighted by atomic mass is 16.4. The third kappa shape index (κ3) is 3.73. The zero-order chi connectivity index (χ0) is 13.7. The number of carbonyl (C=O) groups is 2. The molecule has 1 atom stereocenters. The number of rotatable bonds is 6. The lowest BCUT2D eigenvalue weighted by atomic mass is 10.0. The molecule has 1 unspecified atom stereocenters. The van der Waals surface area contributed by atoms with Gasteiger partial charge < -0.3 is 16.2 Å². The average molecular weight is 251 g/mol. The van der Waals surface area contributed by atoms with Gasteiger partial charge in [0.05, 0.1) is 12.0 Å². The van der Waals surface area contributed by atoms with Crippen LogP contribution < -0.4 is 11.1 Å². The molecule has 6 heteroatoms. The topological polar surface area (TPSA) is 105 Å². The van der Waals surface area contributed by atoms with E-state index in [1.165, 1.54) is 6.20 Å². The maximum absolute atomic E-state index is 11.2. The maximum atomic E-state index is 11.2. The van der Waals surface area contributed by atoms with Gasteiger partial charge in [-0.1, -0.05) is 13.8 Å². The molecule has 0 fully saturated rings. The molecule has 0 aliphatic heterocycles. The van der Waals surface area contributed by atoms with E-state index in [4.69, 9.17) is 10.8 Å².